The average molecular weight is 645 g/mol. The van der Waals surface area contributed by atoms with Gasteiger partial charge in [-0.1, -0.05) is 73.5 Å². The van der Waals surface area contributed by atoms with Gasteiger partial charge in [-0.25, -0.2) is 0 Å². The first-order chi connectivity index (χ1) is 20.0. The maximum atomic E-state index is 15.0. The van der Waals surface area contributed by atoms with Crippen LogP contribution in [0, 0.1) is 31.6 Å². The number of amides is 3. The molecule has 3 unspecified atom stereocenters. The van der Waals surface area contributed by atoms with Gasteiger partial charge in [0.2, 0.25) is 11.8 Å². The van der Waals surface area contributed by atoms with E-state index in [1.54, 1.807) is 26.9 Å². The third-order valence-corrected chi connectivity index (χ3v) is 10.4. The number of aliphatic hydroxyl groups is 1. The zero-order valence-electron chi connectivity index (χ0n) is 25.6. The molecule has 1 spiro atoms. The summed E-state index contributed by atoms with van der Waals surface area (Å²) in [6, 6.07) is 4.26. The van der Waals surface area contributed by atoms with Gasteiger partial charge in [-0.15, -0.1) is 13.2 Å². The van der Waals surface area contributed by atoms with Crippen molar-refractivity contribution in [3.63, 3.8) is 0 Å². The molecule has 2 bridgehead atoms. The molecule has 3 heterocycles. The molecule has 1 aromatic carbocycles. The fraction of sp³-hybridized carbons (Fsp3) is 0.606. The highest BCUT2D eigenvalue weighted by atomic mass is 79.9. The van der Waals surface area contributed by atoms with Gasteiger partial charge in [0.15, 0.2) is 0 Å². The lowest BCUT2D eigenvalue weighted by molar-refractivity contribution is -0.148. The van der Waals surface area contributed by atoms with Gasteiger partial charge in [0, 0.05) is 30.1 Å². The van der Waals surface area contributed by atoms with Crippen LogP contribution in [-0.4, -0.2) is 87.5 Å². The Morgan fingerprint density at radius 2 is 1.83 bits per heavy atom. The van der Waals surface area contributed by atoms with E-state index in [9.17, 15) is 19.5 Å². The van der Waals surface area contributed by atoms with Crippen LogP contribution in [0.25, 0.3) is 0 Å². The summed E-state index contributed by atoms with van der Waals surface area (Å²) in [5, 5.41) is 10.7. The molecule has 0 saturated carbocycles. The van der Waals surface area contributed by atoms with E-state index in [1.165, 1.54) is 0 Å². The summed E-state index contributed by atoms with van der Waals surface area (Å²) >= 11 is 3.78. The van der Waals surface area contributed by atoms with Crippen LogP contribution < -0.4 is 4.90 Å². The van der Waals surface area contributed by atoms with Gasteiger partial charge in [-0.05, 0) is 43.7 Å². The molecule has 9 heteroatoms. The predicted octanol–water partition coefficient (Wildman–Crippen LogP) is 4.40. The number of hydrogen-bond acceptors (Lipinski definition) is 5. The van der Waals surface area contributed by atoms with E-state index < -0.39 is 35.6 Å². The molecule has 230 valence electrons. The first-order valence-corrected chi connectivity index (χ1v) is 16.1. The van der Waals surface area contributed by atoms with Crippen LogP contribution in [0.2, 0.25) is 0 Å². The van der Waals surface area contributed by atoms with Crippen molar-refractivity contribution in [3.8, 4) is 0 Å². The summed E-state index contributed by atoms with van der Waals surface area (Å²) in [5.41, 5.74) is 1.42. The smallest absolute Gasteiger partial charge is 0.253 e. The van der Waals surface area contributed by atoms with Crippen LogP contribution in [0.15, 0.2) is 43.5 Å². The van der Waals surface area contributed by atoms with Crippen molar-refractivity contribution >= 4 is 39.3 Å². The fourth-order valence-electron chi connectivity index (χ4n) is 7.53. The first-order valence-electron chi connectivity index (χ1n) is 15.2. The molecule has 4 rings (SSSR count). The second-order valence-corrected chi connectivity index (χ2v) is 13.3. The number of para-hydroxylation sites is 1. The molecule has 0 aromatic heterocycles. The number of nitrogens with zero attached hydrogens (tertiary/aromatic N) is 3. The highest BCUT2D eigenvalue weighted by molar-refractivity contribution is 9.09. The van der Waals surface area contributed by atoms with Crippen LogP contribution in [0.1, 0.15) is 51.2 Å². The van der Waals surface area contributed by atoms with E-state index in [2.05, 4.69) is 29.1 Å². The second kappa shape index (κ2) is 13.0. The van der Waals surface area contributed by atoms with Gasteiger partial charge >= 0.3 is 0 Å². The Hall–Kier alpha value is -2.49. The lowest BCUT2D eigenvalue weighted by atomic mass is 9.70. The Labute approximate surface area is 258 Å². The SMILES string of the molecule is C=CCN(CCC)C(=O)[C@H]1[C@H]2C(=O)N([C@@H](CO)[C@@H](C)CC)C(C(=O)N(CC=C)c3c(C)cccc3C)C23CC(Br)[C@@H]1O3. The number of aliphatic hydroxyl groups excluding tert-OH is 1. The number of carbonyl (C=O) groups is 3. The molecule has 42 heavy (non-hydrogen) atoms. The Kier molecular flexibility index (Phi) is 10.1. The molecule has 1 N–H and O–H groups in total. The Morgan fingerprint density at radius 3 is 2.38 bits per heavy atom. The minimum atomic E-state index is -1.21. The summed E-state index contributed by atoms with van der Waals surface area (Å²) in [6.07, 6.45) is 4.71. The van der Waals surface area contributed by atoms with Crippen LogP contribution in [0.3, 0.4) is 0 Å². The Morgan fingerprint density at radius 1 is 1.19 bits per heavy atom. The van der Waals surface area contributed by atoms with Crippen molar-refractivity contribution < 1.29 is 24.2 Å². The van der Waals surface area contributed by atoms with E-state index in [4.69, 9.17) is 4.74 Å². The van der Waals surface area contributed by atoms with Gasteiger partial charge in [-0.2, -0.15) is 0 Å². The average Bonchev–Trinajstić information content (AvgIpc) is 3.55. The van der Waals surface area contributed by atoms with E-state index >= 15 is 0 Å². The number of likely N-dealkylation sites (tertiary alicyclic amines) is 1. The minimum absolute atomic E-state index is 0.0824. The molecule has 3 fully saturated rings. The van der Waals surface area contributed by atoms with E-state index in [1.807, 2.05) is 52.8 Å². The molecule has 3 amide bonds. The third kappa shape index (κ3) is 5.15. The number of ether oxygens (including phenoxy) is 1. The Balaban J connectivity index is 1.90. The van der Waals surface area contributed by atoms with Crippen LogP contribution in [0.4, 0.5) is 5.69 Å². The normalized spacial score (nSPS) is 29.3. The molecule has 3 saturated heterocycles. The third-order valence-electron chi connectivity index (χ3n) is 9.53. The number of benzene rings is 1. The molecule has 8 nitrogen and oxygen atoms in total. The van der Waals surface area contributed by atoms with Crippen molar-refractivity contribution in [2.24, 2.45) is 17.8 Å². The van der Waals surface area contributed by atoms with Gasteiger partial charge in [-0.3, -0.25) is 14.4 Å². The van der Waals surface area contributed by atoms with Crippen molar-refractivity contribution in [2.45, 2.75) is 82.5 Å². The van der Waals surface area contributed by atoms with E-state index in [0.29, 0.717) is 25.9 Å². The maximum absolute atomic E-state index is 15.0. The van der Waals surface area contributed by atoms with Crippen molar-refractivity contribution in [1.82, 2.24) is 9.80 Å². The van der Waals surface area contributed by atoms with Crippen molar-refractivity contribution in [2.75, 3.05) is 31.1 Å². The number of carbonyl (C=O) groups excluding carboxylic acids is 3. The lowest BCUT2D eigenvalue weighted by Crippen LogP contribution is -2.60. The number of fused-ring (bicyclic) bond motifs is 1. The molecular formula is C33H46BrN3O5. The largest absolute Gasteiger partial charge is 0.394 e. The van der Waals surface area contributed by atoms with E-state index in [-0.39, 0.29) is 41.6 Å². The topological polar surface area (TPSA) is 90.4 Å². The summed E-state index contributed by atoms with van der Waals surface area (Å²) in [6.45, 7) is 18.5. The van der Waals surface area contributed by atoms with Crippen LogP contribution in [0.5, 0.6) is 0 Å². The fourth-order valence-corrected chi connectivity index (χ4v) is 8.47. The highest BCUT2D eigenvalue weighted by Crippen LogP contribution is 2.61. The van der Waals surface area contributed by atoms with Gasteiger partial charge < -0.3 is 24.5 Å². The molecule has 0 radical (unpaired) electrons. The van der Waals surface area contributed by atoms with Crippen LogP contribution >= 0.6 is 15.9 Å². The van der Waals surface area contributed by atoms with Crippen molar-refractivity contribution in [3.05, 3.63) is 54.6 Å². The van der Waals surface area contributed by atoms with Crippen LogP contribution in [-0.2, 0) is 19.1 Å². The molecule has 0 aliphatic carbocycles. The number of rotatable bonds is 13. The van der Waals surface area contributed by atoms with Gasteiger partial charge in [0.25, 0.3) is 5.91 Å². The maximum Gasteiger partial charge on any atom is 0.253 e. The molecular weight excluding hydrogens is 598 g/mol. The summed E-state index contributed by atoms with van der Waals surface area (Å²) in [7, 11) is 0. The zero-order valence-corrected chi connectivity index (χ0v) is 27.2. The predicted molar refractivity (Wildman–Crippen MR) is 168 cm³/mol. The first kappa shape index (κ1) is 32.4. The Bertz CT molecular complexity index is 1200. The number of hydrogen-bond donors (Lipinski definition) is 1. The zero-order chi connectivity index (χ0) is 30.9. The van der Waals surface area contributed by atoms with Crippen molar-refractivity contribution in [1.29, 1.82) is 0 Å². The quantitative estimate of drug-likeness (QED) is 0.254. The standard InChI is InChI=1S/C33H46BrN3O5/c1-8-15-35(16-9-2)30(39)25-26-31(40)37(24(19-38)20(5)11-4)29(33(26)18-23(34)28(25)42-33)32(41)36(17-10-3)27-21(6)13-12-14-22(27)7/h8,10,12-14,20,23-26,28-29,38H,1,3,9,11,15-19H2,2,4-7H3/t20-,23?,24-,25-,26-,28-,29?,33?/m0/s1. The highest BCUT2D eigenvalue weighted by Gasteiger charge is 2.77. The molecule has 3 aliphatic rings. The summed E-state index contributed by atoms with van der Waals surface area (Å²) in [4.78, 5) is 48.6. The van der Waals surface area contributed by atoms with Gasteiger partial charge in [0.1, 0.15) is 11.6 Å². The number of halogens is 1. The van der Waals surface area contributed by atoms with Gasteiger partial charge in [0.05, 0.1) is 30.6 Å². The lowest BCUT2D eigenvalue weighted by Gasteiger charge is -2.41. The molecule has 1 aromatic rings. The second-order valence-electron chi connectivity index (χ2n) is 12.1. The monoisotopic (exact) mass is 643 g/mol. The minimum Gasteiger partial charge on any atom is -0.394 e. The summed E-state index contributed by atoms with van der Waals surface area (Å²) < 4.78 is 6.77. The number of alkyl halides is 1. The number of aryl methyl sites for hydroxylation is 2. The van der Waals surface area contributed by atoms with E-state index in [0.717, 1.165) is 23.2 Å². The molecule has 3 aliphatic heterocycles. The molecule has 8 atom stereocenters. The summed E-state index contributed by atoms with van der Waals surface area (Å²) in [5.74, 6) is -2.38. The number of anilines is 1.